The third kappa shape index (κ3) is 4.19. The second-order valence-corrected chi connectivity index (χ2v) is 6.69. The fourth-order valence-corrected chi connectivity index (χ4v) is 3.22. The van der Waals surface area contributed by atoms with Crippen molar-refractivity contribution >= 4 is 17.8 Å². The van der Waals surface area contributed by atoms with Gasteiger partial charge in [-0.25, -0.2) is 0 Å². The average molecular weight is 312 g/mol. The van der Waals surface area contributed by atoms with Crippen LogP contribution in [0.5, 0.6) is 0 Å². The SMILES string of the molecule is CC(=O)OC1CCC(C)(C)C(C(=O)/C=C/c2ccccc2)=C1C. The van der Waals surface area contributed by atoms with Crippen LogP contribution in [0.3, 0.4) is 0 Å². The molecule has 1 unspecified atom stereocenters. The van der Waals surface area contributed by atoms with E-state index in [1.54, 1.807) is 6.08 Å². The molecule has 0 saturated heterocycles. The largest absolute Gasteiger partial charge is 0.458 e. The van der Waals surface area contributed by atoms with Crippen LogP contribution < -0.4 is 0 Å². The zero-order valence-corrected chi connectivity index (χ0v) is 14.3. The molecule has 0 amide bonds. The number of carbonyl (C=O) groups excluding carboxylic acids is 2. The molecule has 1 aromatic carbocycles. The van der Waals surface area contributed by atoms with Crippen LogP contribution in [0.2, 0.25) is 0 Å². The molecule has 3 heteroatoms. The van der Waals surface area contributed by atoms with E-state index >= 15 is 0 Å². The van der Waals surface area contributed by atoms with E-state index in [9.17, 15) is 9.59 Å². The Hall–Kier alpha value is -2.16. The summed E-state index contributed by atoms with van der Waals surface area (Å²) < 4.78 is 5.37. The molecule has 1 atom stereocenters. The summed E-state index contributed by atoms with van der Waals surface area (Å²) in [7, 11) is 0. The van der Waals surface area contributed by atoms with Crippen LogP contribution in [0.4, 0.5) is 0 Å². The molecule has 0 radical (unpaired) electrons. The average Bonchev–Trinajstić information content (AvgIpc) is 2.49. The van der Waals surface area contributed by atoms with Crippen LogP contribution in [-0.2, 0) is 14.3 Å². The summed E-state index contributed by atoms with van der Waals surface area (Å²) in [6.45, 7) is 7.45. The number of rotatable bonds is 4. The molecule has 0 fully saturated rings. The van der Waals surface area contributed by atoms with E-state index in [2.05, 4.69) is 13.8 Å². The lowest BCUT2D eigenvalue weighted by atomic mass is 9.70. The van der Waals surface area contributed by atoms with Gasteiger partial charge in [-0.15, -0.1) is 0 Å². The van der Waals surface area contributed by atoms with Gasteiger partial charge in [0.1, 0.15) is 6.10 Å². The zero-order valence-electron chi connectivity index (χ0n) is 14.3. The van der Waals surface area contributed by atoms with Crippen molar-refractivity contribution in [2.75, 3.05) is 0 Å². The number of ether oxygens (including phenoxy) is 1. The van der Waals surface area contributed by atoms with E-state index in [0.29, 0.717) is 0 Å². The lowest BCUT2D eigenvalue weighted by molar-refractivity contribution is -0.145. The van der Waals surface area contributed by atoms with Gasteiger partial charge in [0.25, 0.3) is 0 Å². The van der Waals surface area contributed by atoms with Crippen molar-refractivity contribution in [3.05, 3.63) is 53.1 Å². The maximum atomic E-state index is 12.7. The van der Waals surface area contributed by atoms with Gasteiger partial charge in [0.15, 0.2) is 5.78 Å². The Morgan fingerprint density at radius 2 is 1.87 bits per heavy atom. The van der Waals surface area contributed by atoms with Crippen LogP contribution in [0.25, 0.3) is 6.08 Å². The topological polar surface area (TPSA) is 43.4 Å². The highest BCUT2D eigenvalue weighted by Crippen LogP contribution is 2.41. The summed E-state index contributed by atoms with van der Waals surface area (Å²) in [6.07, 6.45) is 4.74. The molecule has 1 aromatic rings. The van der Waals surface area contributed by atoms with Gasteiger partial charge in [-0.2, -0.15) is 0 Å². The highest BCUT2D eigenvalue weighted by atomic mass is 16.5. The maximum Gasteiger partial charge on any atom is 0.303 e. The first-order chi connectivity index (χ1) is 10.8. The number of carbonyl (C=O) groups is 2. The minimum Gasteiger partial charge on any atom is -0.458 e. The normalized spacial score (nSPS) is 20.6. The van der Waals surface area contributed by atoms with Gasteiger partial charge < -0.3 is 4.74 Å². The first kappa shape index (κ1) is 17.2. The van der Waals surface area contributed by atoms with E-state index in [0.717, 1.165) is 29.6 Å². The smallest absolute Gasteiger partial charge is 0.303 e. The van der Waals surface area contributed by atoms with Gasteiger partial charge in [0.2, 0.25) is 0 Å². The molecule has 0 saturated carbocycles. The molecule has 0 aliphatic heterocycles. The summed E-state index contributed by atoms with van der Waals surface area (Å²) in [6, 6.07) is 9.74. The lowest BCUT2D eigenvalue weighted by Gasteiger charge is -2.36. The van der Waals surface area contributed by atoms with Gasteiger partial charge in [0, 0.05) is 12.5 Å². The first-order valence-electron chi connectivity index (χ1n) is 7.97. The van der Waals surface area contributed by atoms with Crippen molar-refractivity contribution in [3.63, 3.8) is 0 Å². The van der Waals surface area contributed by atoms with Gasteiger partial charge in [-0.3, -0.25) is 9.59 Å². The second kappa shape index (κ2) is 6.95. The summed E-state index contributed by atoms with van der Waals surface area (Å²) in [5.74, 6) is -0.311. The molecule has 0 aromatic heterocycles. The van der Waals surface area contributed by atoms with Crippen molar-refractivity contribution < 1.29 is 14.3 Å². The Bertz CT molecular complexity index is 651. The molecule has 1 aliphatic carbocycles. The highest BCUT2D eigenvalue weighted by molar-refractivity contribution is 6.07. The number of hydrogen-bond donors (Lipinski definition) is 0. The molecule has 1 aliphatic rings. The molecule has 122 valence electrons. The zero-order chi connectivity index (χ0) is 17.0. The minimum absolute atomic E-state index is 0.00629. The fourth-order valence-electron chi connectivity index (χ4n) is 3.22. The van der Waals surface area contributed by atoms with Crippen LogP contribution in [0.1, 0.15) is 46.1 Å². The van der Waals surface area contributed by atoms with Crippen LogP contribution in [0.15, 0.2) is 47.6 Å². The van der Waals surface area contributed by atoms with Gasteiger partial charge in [-0.05, 0) is 42.4 Å². The predicted molar refractivity (Wildman–Crippen MR) is 91.8 cm³/mol. The Morgan fingerprint density at radius 3 is 2.48 bits per heavy atom. The molecule has 0 N–H and O–H groups in total. The number of ketones is 1. The highest BCUT2D eigenvalue weighted by Gasteiger charge is 2.37. The fraction of sp³-hybridized carbons (Fsp3) is 0.400. The molecule has 0 heterocycles. The van der Waals surface area contributed by atoms with E-state index in [4.69, 9.17) is 4.74 Å². The van der Waals surface area contributed by atoms with E-state index in [-0.39, 0.29) is 23.3 Å². The molecular weight excluding hydrogens is 288 g/mol. The van der Waals surface area contributed by atoms with E-state index < -0.39 is 0 Å². The third-order valence-electron chi connectivity index (χ3n) is 4.37. The summed E-state index contributed by atoms with van der Waals surface area (Å²) in [5.41, 5.74) is 2.42. The van der Waals surface area contributed by atoms with Crippen LogP contribution >= 0.6 is 0 Å². The standard InChI is InChI=1S/C20H24O3/c1-14-18(23-15(2)21)12-13-20(3,4)19(14)17(22)11-10-16-8-6-5-7-9-16/h5-11,18H,12-13H2,1-4H3/b11-10+. The number of benzene rings is 1. The van der Waals surface area contributed by atoms with Crippen molar-refractivity contribution in [2.24, 2.45) is 5.41 Å². The Labute approximate surface area is 138 Å². The summed E-state index contributed by atoms with van der Waals surface area (Å²) in [4.78, 5) is 24.0. The quantitative estimate of drug-likeness (QED) is 0.613. The van der Waals surface area contributed by atoms with E-state index in [1.807, 2.05) is 43.3 Å². The van der Waals surface area contributed by atoms with Crippen molar-refractivity contribution in [3.8, 4) is 0 Å². The van der Waals surface area contributed by atoms with Crippen molar-refractivity contribution in [1.29, 1.82) is 0 Å². The lowest BCUT2D eigenvalue weighted by Crippen LogP contribution is -2.33. The Balaban J connectivity index is 2.30. The third-order valence-corrected chi connectivity index (χ3v) is 4.37. The monoisotopic (exact) mass is 312 g/mol. The van der Waals surface area contributed by atoms with Gasteiger partial charge >= 0.3 is 5.97 Å². The van der Waals surface area contributed by atoms with Crippen LogP contribution in [-0.4, -0.2) is 17.9 Å². The molecule has 23 heavy (non-hydrogen) atoms. The van der Waals surface area contributed by atoms with Gasteiger partial charge in [-0.1, -0.05) is 50.3 Å². The number of esters is 1. The molecule has 3 nitrogen and oxygen atoms in total. The number of hydrogen-bond acceptors (Lipinski definition) is 3. The van der Waals surface area contributed by atoms with Crippen molar-refractivity contribution in [2.45, 2.75) is 46.6 Å². The molecule has 0 spiro atoms. The Morgan fingerprint density at radius 1 is 1.22 bits per heavy atom. The first-order valence-corrected chi connectivity index (χ1v) is 7.97. The summed E-state index contributed by atoms with van der Waals surface area (Å²) >= 11 is 0. The van der Waals surface area contributed by atoms with Crippen molar-refractivity contribution in [1.82, 2.24) is 0 Å². The number of allylic oxidation sites excluding steroid dienone is 2. The summed E-state index contributed by atoms with van der Waals surface area (Å²) in [5, 5.41) is 0. The minimum atomic E-state index is -0.305. The Kier molecular flexibility index (Phi) is 5.19. The predicted octanol–water partition coefficient (Wildman–Crippen LogP) is 4.34. The molecule has 0 bridgehead atoms. The second-order valence-electron chi connectivity index (χ2n) is 6.69. The van der Waals surface area contributed by atoms with E-state index in [1.165, 1.54) is 6.92 Å². The molecule has 2 rings (SSSR count). The van der Waals surface area contributed by atoms with Gasteiger partial charge in [0.05, 0.1) is 0 Å². The molecular formula is C20H24O3. The van der Waals surface area contributed by atoms with Crippen LogP contribution in [0, 0.1) is 5.41 Å². The maximum absolute atomic E-state index is 12.7.